The Morgan fingerprint density at radius 1 is 1.24 bits per heavy atom. The van der Waals surface area contributed by atoms with E-state index < -0.39 is 6.10 Å². The van der Waals surface area contributed by atoms with Gasteiger partial charge in [-0.25, -0.2) is 4.98 Å². The number of carbonyl (C=O) groups is 1. The average molecular weight is 338 g/mol. The highest BCUT2D eigenvalue weighted by Crippen LogP contribution is 2.38. The summed E-state index contributed by atoms with van der Waals surface area (Å²) in [7, 11) is 0. The molecular weight excluding hydrogens is 316 g/mol. The molecule has 2 aromatic rings. The van der Waals surface area contributed by atoms with Gasteiger partial charge < -0.3 is 15.8 Å². The van der Waals surface area contributed by atoms with Crippen molar-refractivity contribution in [1.82, 2.24) is 10.3 Å². The molecule has 1 aromatic carbocycles. The van der Waals surface area contributed by atoms with Crippen molar-refractivity contribution < 1.29 is 9.53 Å². The minimum absolute atomic E-state index is 0.0811. The molecule has 6 heteroatoms. The fourth-order valence-corrected chi connectivity index (χ4v) is 3.51. The van der Waals surface area contributed by atoms with Gasteiger partial charge >= 0.3 is 0 Å². The summed E-state index contributed by atoms with van der Waals surface area (Å²) in [5, 5.41) is 3.40. The van der Waals surface area contributed by atoms with Gasteiger partial charge in [0, 0.05) is 12.1 Å². The fraction of sp³-hybridized carbons (Fsp3) is 0.368. The number of rotatable bonds is 3. The Hall–Kier alpha value is -2.60. The van der Waals surface area contributed by atoms with E-state index in [4.69, 9.17) is 10.5 Å². The van der Waals surface area contributed by atoms with Crippen LogP contribution in [0, 0.1) is 5.92 Å². The second kappa shape index (κ2) is 6.72. The molecule has 1 saturated heterocycles. The van der Waals surface area contributed by atoms with E-state index in [0.717, 1.165) is 31.5 Å². The lowest BCUT2D eigenvalue weighted by atomic mass is 9.98. The summed E-state index contributed by atoms with van der Waals surface area (Å²) < 4.78 is 5.98. The predicted octanol–water partition coefficient (Wildman–Crippen LogP) is 2.13. The van der Waals surface area contributed by atoms with Crippen molar-refractivity contribution in [1.29, 1.82) is 0 Å². The Morgan fingerprint density at radius 3 is 2.84 bits per heavy atom. The minimum atomic E-state index is -0.643. The molecule has 0 bridgehead atoms. The second-order valence-corrected chi connectivity index (χ2v) is 6.63. The van der Waals surface area contributed by atoms with Gasteiger partial charge in [0.25, 0.3) is 5.91 Å². The summed E-state index contributed by atoms with van der Waals surface area (Å²) in [6.07, 6.45) is 1.59. The third-order valence-electron chi connectivity index (χ3n) is 4.79. The summed E-state index contributed by atoms with van der Waals surface area (Å²) in [6.45, 7) is 2.59. The summed E-state index contributed by atoms with van der Waals surface area (Å²) in [5.41, 5.74) is 6.70. The van der Waals surface area contributed by atoms with Gasteiger partial charge in [-0.15, -0.1) is 0 Å². The molecule has 2 atom stereocenters. The monoisotopic (exact) mass is 338 g/mol. The fourth-order valence-electron chi connectivity index (χ4n) is 3.51. The second-order valence-electron chi connectivity index (χ2n) is 6.63. The van der Waals surface area contributed by atoms with Crippen LogP contribution < -0.4 is 20.7 Å². The molecule has 4 rings (SSSR count). The normalized spacial score (nSPS) is 23.0. The van der Waals surface area contributed by atoms with E-state index in [1.54, 1.807) is 17.0 Å². The van der Waals surface area contributed by atoms with Crippen LogP contribution >= 0.6 is 0 Å². The molecule has 0 saturated carbocycles. The molecule has 130 valence electrons. The van der Waals surface area contributed by atoms with Crippen molar-refractivity contribution in [3.63, 3.8) is 0 Å². The van der Waals surface area contributed by atoms with E-state index in [-0.39, 0.29) is 5.91 Å². The zero-order valence-electron chi connectivity index (χ0n) is 14.0. The number of hydrogen-bond donors (Lipinski definition) is 2. The molecule has 0 spiro atoms. The molecule has 6 nitrogen and oxygen atoms in total. The zero-order valence-corrected chi connectivity index (χ0v) is 14.0. The van der Waals surface area contributed by atoms with Gasteiger partial charge in [-0.2, -0.15) is 0 Å². The summed E-state index contributed by atoms with van der Waals surface area (Å²) in [6, 6.07) is 13.1. The van der Waals surface area contributed by atoms with Crippen LogP contribution in [0.1, 0.15) is 24.5 Å². The number of aromatic nitrogens is 1. The van der Waals surface area contributed by atoms with Crippen molar-refractivity contribution in [2.45, 2.75) is 18.9 Å². The Kier molecular flexibility index (Phi) is 4.28. The summed E-state index contributed by atoms with van der Waals surface area (Å²) in [4.78, 5) is 19.3. The molecule has 2 unspecified atom stereocenters. The summed E-state index contributed by atoms with van der Waals surface area (Å²) >= 11 is 0. The number of nitrogens with zero attached hydrogens (tertiary/aromatic N) is 2. The molecule has 1 aromatic heterocycles. The number of hydrogen-bond acceptors (Lipinski definition) is 5. The number of nitrogens with two attached hydrogens (primary N) is 1. The number of nitrogens with one attached hydrogen (secondary N) is 1. The van der Waals surface area contributed by atoms with E-state index in [1.165, 1.54) is 0 Å². The van der Waals surface area contributed by atoms with Crippen LogP contribution in [-0.4, -0.2) is 30.5 Å². The summed E-state index contributed by atoms with van der Waals surface area (Å²) in [5.74, 6) is 1.85. The van der Waals surface area contributed by atoms with Gasteiger partial charge in [0.2, 0.25) is 6.10 Å². The molecular formula is C19H22N4O2. The molecule has 0 aliphatic carbocycles. The van der Waals surface area contributed by atoms with Gasteiger partial charge in [0.15, 0.2) is 11.6 Å². The van der Waals surface area contributed by atoms with Crippen LogP contribution in [0.2, 0.25) is 0 Å². The number of fused-ring (bicyclic) bond motifs is 1. The predicted molar refractivity (Wildman–Crippen MR) is 96.4 cm³/mol. The Morgan fingerprint density at radius 2 is 2.08 bits per heavy atom. The standard InChI is InChI=1S/C19H22N4O2/c20-16-9-8-15-18(22-16)23(12-13-5-4-10-21-11-13)19(24)17(25-15)14-6-2-1-3-7-14/h1-3,6-9,13,17,21H,4-5,10-12H2,(H2,20,22). The van der Waals surface area contributed by atoms with E-state index >= 15 is 0 Å². The van der Waals surface area contributed by atoms with Crippen LogP contribution in [0.5, 0.6) is 5.75 Å². The van der Waals surface area contributed by atoms with Gasteiger partial charge in [-0.3, -0.25) is 9.69 Å². The highest BCUT2D eigenvalue weighted by atomic mass is 16.5. The number of ether oxygens (including phenoxy) is 1. The maximum Gasteiger partial charge on any atom is 0.274 e. The number of pyridine rings is 1. The van der Waals surface area contributed by atoms with Gasteiger partial charge in [0.05, 0.1) is 0 Å². The number of nitrogen functional groups attached to an aromatic ring is 1. The lowest BCUT2D eigenvalue weighted by molar-refractivity contribution is -0.126. The van der Waals surface area contributed by atoms with Gasteiger partial charge in [-0.1, -0.05) is 30.3 Å². The van der Waals surface area contributed by atoms with Crippen molar-refractivity contribution >= 4 is 17.5 Å². The Bertz CT molecular complexity index is 759. The molecule has 25 heavy (non-hydrogen) atoms. The smallest absolute Gasteiger partial charge is 0.274 e. The van der Waals surface area contributed by atoms with Crippen molar-refractivity contribution in [3.05, 3.63) is 48.0 Å². The maximum atomic E-state index is 13.2. The highest BCUT2D eigenvalue weighted by Gasteiger charge is 2.37. The zero-order chi connectivity index (χ0) is 17.2. The van der Waals surface area contributed by atoms with Crippen LogP contribution in [0.3, 0.4) is 0 Å². The largest absolute Gasteiger partial charge is 0.472 e. The lowest BCUT2D eigenvalue weighted by Crippen LogP contribution is -2.46. The average Bonchev–Trinajstić information content (AvgIpc) is 2.65. The van der Waals surface area contributed by atoms with E-state index in [1.807, 2.05) is 30.3 Å². The topological polar surface area (TPSA) is 80.5 Å². The quantitative estimate of drug-likeness (QED) is 0.896. The van der Waals surface area contributed by atoms with Gasteiger partial charge in [0.1, 0.15) is 5.82 Å². The molecule has 2 aliphatic heterocycles. The van der Waals surface area contributed by atoms with E-state index in [0.29, 0.717) is 29.8 Å². The third kappa shape index (κ3) is 3.17. The molecule has 3 N–H and O–H groups in total. The van der Waals surface area contributed by atoms with E-state index in [2.05, 4.69) is 10.3 Å². The SMILES string of the molecule is Nc1ccc2c(n1)N(CC1CCCNC1)C(=O)C(c1ccccc1)O2. The Balaban J connectivity index is 1.69. The van der Waals surface area contributed by atoms with Crippen LogP contribution in [0.4, 0.5) is 11.6 Å². The van der Waals surface area contributed by atoms with Gasteiger partial charge in [-0.05, 0) is 44.0 Å². The molecule has 3 heterocycles. The molecule has 2 aliphatic rings. The first-order valence-electron chi connectivity index (χ1n) is 8.72. The van der Waals surface area contributed by atoms with Crippen LogP contribution in [0.15, 0.2) is 42.5 Å². The number of anilines is 2. The van der Waals surface area contributed by atoms with Crippen molar-refractivity contribution in [2.75, 3.05) is 30.3 Å². The van der Waals surface area contributed by atoms with Crippen LogP contribution in [-0.2, 0) is 4.79 Å². The molecule has 1 fully saturated rings. The number of carbonyl (C=O) groups excluding carboxylic acids is 1. The van der Waals surface area contributed by atoms with Crippen LogP contribution in [0.25, 0.3) is 0 Å². The molecule has 0 radical (unpaired) electrons. The first-order valence-corrected chi connectivity index (χ1v) is 8.72. The van der Waals surface area contributed by atoms with Crippen molar-refractivity contribution in [2.24, 2.45) is 5.92 Å². The Labute approximate surface area is 147 Å². The number of piperidine rings is 1. The number of amides is 1. The maximum absolute atomic E-state index is 13.2. The first kappa shape index (κ1) is 15.9. The third-order valence-corrected chi connectivity index (χ3v) is 4.79. The minimum Gasteiger partial charge on any atom is -0.472 e. The van der Waals surface area contributed by atoms with Crippen molar-refractivity contribution in [3.8, 4) is 5.75 Å². The lowest BCUT2D eigenvalue weighted by Gasteiger charge is -2.36. The first-order chi connectivity index (χ1) is 12.2. The van der Waals surface area contributed by atoms with E-state index in [9.17, 15) is 4.79 Å². The number of benzene rings is 1. The highest BCUT2D eigenvalue weighted by molar-refractivity contribution is 5.99. The molecule has 1 amide bonds.